The molecule has 0 bridgehead atoms. The van der Waals surface area contributed by atoms with Crippen molar-refractivity contribution in [3.05, 3.63) is 89.5 Å². The molecule has 2 unspecified atom stereocenters. The number of halogens is 1. The fraction of sp³-hybridized carbons (Fsp3) is 0.405. The van der Waals surface area contributed by atoms with Gasteiger partial charge in [-0.3, -0.25) is 9.59 Å². The first-order valence-electron chi connectivity index (χ1n) is 17.0. The van der Waals surface area contributed by atoms with Gasteiger partial charge in [0.1, 0.15) is 17.7 Å². The summed E-state index contributed by atoms with van der Waals surface area (Å²) in [6.07, 6.45) is 2.44. The number of fused-ring (bicyclic) bond motifs is 1. The lowest BCUT2D eigenvalue weighted by atomic mass is 9.97. The largest absolute Gasteiger partial charge is 0.453 e. The molecular weight excluding hydrogens is 641 g/mol. The zero-order valence-corrected chi connectivity index (χ0v) is 28.5. The SMILES string of the molecule is COC(=O)N[C@H](C(=O)N1CCCC1c1nc2ccc(CN(Cc3ccc(NC(=O)C4CCCN4)cc3)c3ccc(F)cc3)cc2[nH]1)C(C)(C)O. The Balaban J connectivity index is 1.19. The van der Waals surface area contributed by atoms with E-state index in [9.17, 15) is 23.9 Å². The zero-order valence-electron chi connectivity index (χ0n) is 28.5. The molecule has 1 aromatic heterocycles. The van der Waals surface area contributed by atoms with Gasteiger partial charge < -0.3 is 40.6 Å². The quantitative estimate of drug-likeness (QED) is 0.152. The number of hydrogen-bond donors (Lipinski definition) is 5. The fourth-order valence-corrected chi connectivity index (χ4v) is 6.69. The number of anilines is 2. The minimum Gasteiger partial charge on any atom is -0.453 e. The number of hydrogen-bond acceptors (Lipinski definition) is 8. The minimum atomic E-state index is -1.53. The molecular formula is C37H44FN7O5. The Kier molecular flexibility index (Phi) is 10.3. The number of benzene rings is 3. The van der Waals surface area contributed by atoms with Crippen molar-refractivity contribution in [2.75, 3.05) is 30.4 Å². The third-order valence-corrected chi connectivity index (χ3v) is 9.35. The molecule has 3 amide bonds. The highest BCUT2D eigenvalue weighted by Crippen LogP contribution is 2.33. The van der Waals surface area contributed by atoms with Crippen LogP contribution in [-0.2, 0) is 27.4 Å². The summed E-state index contributed by atoms with van der Waals surface area (Å²) in [5.41, 5.74) is 3.63. The molecule has 5 N–H and O–H groups in total. The van der Waals surface area contributed by atoms with E-state index in [1.165, 1.54) is 33.1 Å². The predicted octanol–water partition coefficient (Wildman–Crippen LogP) is 4.76. The van der Waals surface area contributed by atoms with Crippen molar-refractivity contribution in [2.24, 2.45) is 0 Å². The van der Waals surface area contributed by atoms with Gasteiger partial charge in [0.2, 0.25) is 11.8 Å². The Bertz CT molecular complexity index is 1820. The van der Waals surface area contributed by atoms with Gasteiger partial charge in [0.25, 0.3) is 0 Å². The zero-order chi connectivity index (χ0) is 35.4. The molecule has 0 spiro atoms. The number of aromatic amines is 1. The maximum Gasteiger partial charge on any atom is 0.407 e. The molecule has 0 radical (unpaired) electrons. The van der Waals surface area contributed by atoms with Crippen LogP contribution in [0.4, 0.5) is 20.6 Å². The van der Waals surface area contributed by atoms with Crippen molar-refractivity contribution < 1.29 is 28.6 Å². The number of methoxy groups -OCH3 is 1. The Labute approximate surface area is 290 Å². The van der Waals surface area contributed by atoms with E-state index in [4.69, 9.17) is 9.72 Å². The van der Waals surface area contributed by atoms with Gasteiger partial charge in [-0.2, -0.15) is 0 Å². The molecule has 3 heterocycles. The van der Waals surface area contributed by atoms with Gasteiger partial charge in [0.05, 0.1) is 35.8 Å². The van der Waals surface area contributed by atoms with Gasteiger partial charge in [-0.25, -0.2) is 14.2 Å². The first-order valence-corrected chi connectivity index (χ1v) is 17.0. The average Bonchev–Trinajstić information content (AvgIpc) is 3.88. The van der Waals surface area contributed by atoms with E-state index < -0.39 is 23.6 Å². The van der Waals surface area contributed by atoms with Crippen molar-refractivity contribution in [1.82, 2.24) is 25.5 Å². The number of carbonyl (C=O) groups is 3. The van der Waals surface area contributed by atoms with Crippen LogP contribution in [0.3, 0.4) is 0 Å². The summed E-state index contributed by atoms with van der Waals surface area (Å²) in [5, 5.41) is 19.4. The summed E-state index contributed by atoms with van der Waals surface area (Å²) >= 11 is 0. The summed E-state index contributed by atoms with van der Waals surface area (Å²) in [4.78, 5) is 50.2. The van der Waals surface area contributed by atoms with E-state index in [-0.39, 0.29) is 23.8 Å². The van der Waals surface area contributed by atoms with Gasteiger partial charge in [-0.15, -0.1) is 0 Å². The van der Waals surface area contributed by atoms with Crippen LogP contribution in [0.5, 0.6) is 0 Å². The first kappa shape index (κ1) is 34.8. The van der Waals surface area contributed by atoms with Gasteiger partial charge in [0.15, 0.2) is 0 Å². The summed E-state index contributed by atoms with van der Waals surface area (Å²) in [7, 11) is 1.21. The molecule has 3 atom stereocenters. The maximum absolute atomic E-state index is 13.9. The Morgan fingerprint density at radius 2 is 1.76 bits per heavy atom. The molecule has 50 heavy (non-hydrogen) atoms. The van der Waals surface area contributed by atoms with Crippen LogP contribution in [0, 0.1) is 5.82 Å². The van der Waals surface area contributed by atoms with E-state index in [1.807, 2.05) is 42.5 Å². The third kappa shape index (κ3) is 8.06. The van der Waals surface area contributed by atoms with Crippen LogP contribution < -0.4 is 20.9 Å². The predicted molar refractivity (Wildman–Crippen MR) is 188 cm³/mol. The average molecular weight is 686 g/mol. The Morgan fingerprint density at radius 3 is 2.44 bits per heavy atom. The van der Waals surface area contributed by atoms with Crippen LogP contribution >= 0.6 is 0 Å². The number of aromatic nitrogens is 2. The number of amides is 3. The molecule has 4 aromatic rings. The van der Waals surface area contributed by atoms with Gasteiger partial charge in [-0.05, 0) is 106 Å². The number of aliphatic hydroxyl groups is 1. The molecule has 2 saturated heterocycles. The number of likely N-dealkylation sites (tertiary alicyclic amines) is 1. The number of carbonyl (C=O) groups excluding carboxylic acids is 3. The molecule has 2 aliphatic rings. The van der Waals surface area contributed by atoms with E-state index >= 15 is 0 Å². The second-order valence-corrected chi connectivity index (χ2v) is 13.6. The van der Waals surface area contributed by atoms with Crippen LogP contribution in [0.15, 0.2) is 66.7 Å². The molecule has 0 aliphatic carbocycles. The number of rotatable bonds is 11. The number of imidazole rings is 1. The fourth-order valence-electron chi connectivity index (χ4n) is 6.69. The number of nitrogens with one attached hydrogen (secondary N) is 4. The highest BCUT2D eigenvalue weighted by molar-refractivity contribution is 5.95. The second kappa shape index (κ2) is 14.9. The van der Waals surface area contributed by atoms with Crippen LogP contribution in [0.2, 0.25) is 0 Å². The Hall–Kier alpha value is -5.01. The van der Waals surface area contributed by atoms with Gasteiger partial charge >= 0.3 is 6.09 Å². The standard InChI is InChI=1S/C37H44FN7O5/c1-37(2,49)32(43-36(48)50-3)35(47)45-19-5-7-31(45)33-41-28-17-10-24(20-30(28)42-33)22-44(27-15-11-25(38)12-16-27)21-23-8-13-26(14-9-23)40-34(46)29-6-4-18-39-29/h8-17,20,29,31-32,39,49H,4-7,18-19,21-22H2,1-3H3,(H,40,46)(H,41,42)(H,43,48)/t29?,31?,32-/m1/s1. The molecule has 12 nitrogen and oxygen atoms in total. The highest BCUT2D eigenvalue weighted by atomic mass is 19.1. The van der Waals surface area contributed by atoms with Crippen molar-refractivity contribution >= 4 is 40.3 Å². The lowest BCUT2D eigenvalue weighted by molar-refractivity contribution is -0.140. The van der Waals surface area contributed by atoms with Gasteiger partial charge in [-0.1, -0.05) is 18.2 Å². The second-order valence-electron chi connectivity index (χ2n) is 13.6. The van der Waals surface area contributed by atoms with Crippen molar-refractivity contribution in [3.8, 4) is 0 Å². The van der Waals surface area contributed by atoms with Gasteiger partial charge in [0, 0.05) is 31.0 Å². The minimum absolute atomic E-state index is 0.0262. The molecule has 13 heteroatoms. The molecule has 2 fully saturated rings. The summed E-state index contributed by atoms with van der Waals surface area (Å²) < 4.78 is 18.6. The van der Waals surface area contributed by atoms with E-state index in [2.05, 4.69) is 25.8 Å². The molecule has 0 saturated carbocycles. The monoisotopic (exact) mass is 685 g/mol. The number of alkyl carbamates (subject to hydrolysis) is 1. The summed E-state index contributed by atoms with van der Waals surface area (Å²) in [6, 6.07) is 18.4. The van der Waals surface area contributed by atoms with E-state index in [0.717, 1.165) is 59.3 Å². The first-order chi connectivity index (χ1) is 24.0. The highest BCUT2D eigenvalue weighted by Gasteiger charge is 2.42. The van der Waals surface area contributed by atoms with Crippen LogP contribution in [0.25, 0.3) is 11.0 Å². The van der Waals surface area contributed by atoms with Crippen molar-refractivity contribution in [1.29, 1.82) is 0 Å². The molecule has 3 aromatic carbocycles. The lowest BCUT2D eigenvalue weighted by Gasteiger charge is -2.34. The lowest BCUT2D eigenvalue weighted by Crippen LogP contribution is -2.58. The smallest absolute Gasteiger partial charge is 0.407 e. The third-order valence-electron chi connectivity index (χ3n) is 9.35. The number of H-pyrrole nitrogens is 1. The number of ether oxygens (including phenoxy) is 1. The summed E-state index contributed by atoms with van der Waals surface area (Å²) in [5.74, 6) is -0.127. The van der Waals surface area contributed by atoms with Crippen LogP contribution in [-0.4, -0.2) is 75.8 Å². The molecule has 264 valence electrons. The van der Waals surface area contributed by atoms with Crippen molar-refractivity contribution in [2.45, 2.75) is 76.3 Å². The molecule has 6 rings (SSSR count). The summed E-state index contributed by atoms with van der Waals surface area (Å²) in [6.45, 7) is 5.31. The Morgan fingerprint density at radius 1 is 1.04 bits per heavy atom. The van der Waals surface area contributed by atoms with Crippen molar-refractivity contribution in [3.63, 3.8) is 0 Å². The number of nitrogens with zero attached hydrogens (tertiary/aromatic N) is 3. The topological polar surface area (TPSA) is 152 Å². The van der Waals surface area contributed by atoms with Crippen LogP contribution in [0.1, 0.15) is 62.5 Å². The molecule has 2 aliphatic heterocycles. The van der Waals surface area contributed by atoms with E-state index in [1.54, 1.807) is 17.0 Å². The van der Waals surface area contributed by atoms with E-state index in [0.29, 0.717) is 31.9 Å². The maximum atomic E-state index is 13.9. The normalized spacial score (nSPS) is 18.2.